The smallest absolute Gasteiger partial charge is 0.270 e. The number of benzene rings is 2. The van der Waals surface area contributed by atoms with Gasteiger partial charge in [0.1, 0.15) is 0 Å². The molecule has 2 aromatic rings. The monoisotopic (exact) mass is 461 g/mol. The zero-order chi connectivity index (χ0) is 23.3. The summed E-state index contributed by atoms with van der Waals surface area (Å²) >= 11 is 0. The predicted molar refractivity (Wildman–Crippen MR) is 130 cm³/mol. The number of rotatable bonds is 5. The summed E-state index contributed by atoms with van der Waals surface area (Å²) in [6, 6.07) is 12.9. The molecule has 5 aliphatic rings. The van der Waals surface area contributed by atoms with Crippen molar-refractivity contribution < 1.29 is 14.5 Å². The molecule has 1 saturated heterocycles. The van der Waals surface area contributed by atoms with Crippen LogP contribution in [0.5, 0.6) is 0 Å². The molecule has 7 heteroatoms. The number of hydrogen-bond donors (Lipinski definition) is 1. The highest BCUT2D eigenvalue weighted by atomic mass is 16.6. The number of morpholine rings is 1. The third kappa shape index (κ3) is 3.86. The number of non-ortho nitro benzene ring substituents is 1. The molecule has 1 N–H and O–H groups in total. The molecule has 34 heavy (non-hydrogen) atoms. The van der Waals surface area contributed by atoms with Gasteiger partial charge in [-0.2, -0.15) is 0 Å². The van der Waals surface area contributed by atoms with Gasteiger partial charge in [-0.1, -0.05) is 12.1 Å². The van der Waals surface area contributed by atoms with Crippen molar-refractivity contribution in [2.24, 2.45) is 17.8 Å². The maximum absolute atomic E-state index is 13.3. The first-order valence-corrected chi connectivity index (χ1v) is 12.5. The Labute approximate surface area is 199 Å². The van der Waals surface area contributed by atoms with Crippen LogP contribution >= 0.6 is 0 Å². The van der Waals surface area contributed by atoms with Crippen LogP contribution in [-0.4, -0.2) is 37.1 Å². The summed E-state index contributed by atoms with van der Waals surface area (Å²) in [7, 11) is 0. The fraction of sp³-hybridized carbons (Fsp3) is 0.519. The van der Waals surface area contributed by atoms with Gasteiger partial charge in [-0.15, -0.1) is 0 Å². The highest BCUT2D eigenvalue weighted by Gasteiger charge is 2.51. The average molecular weight is 462 g/mol. The van der Waals surface area contributed by atoms with Gasteiger partial charge in [0, 0.05) is 30.9 Å². The number of nitro benzene ring substituents is 1. The van der Waals surface area contributed by atoms with Crippen molar-refractivity contribution in [3.8, 4) is 0 Å². The molecule has 0 aromatic heterocycles. The Morgan fingerprint density at radius 3 is 2.18 bits per heavy atom. The van der Waals surface area contributed by atoms with E-state index in [0.717, 1.165) is 23.4 Å². The van der Waals surface area contributed by atoms with E-state index < -0.39 is 4.92 Å². The lowest BCUT2D eigenvalue weighted by molar-refractivity contribution is -0.384. The van der Waals surface area contributed by atoms with Gasteiger partial charge in [0.15, 0.2) is 0 Å². The second-order valence-electron chi connectivity index (χ2n) is 10.8. The van der Waals surface area contributed by atoms with Crippen LogP contribution in [0.4, 0.5) is 17.1 Å². The number of ether oxygens (including phenoxy) is 1. The molecular formula is C27H31N3O4. The van der Waals surface area contributed by atoms with Crippen molar-refractivity contribution in [3.05, 3.63) is 63.7 Å². The third-order valence-corrected chi connectivity index (χ3v) is 8.58. The molecule has 4 bridgehead atoms. The van der Waals surface area contributed by atoms with Crippen molar-refractivity contribution in [1.82, 2.24) is 0 Å². The number of nitrogens with zero attached hydrogens (tertiary/aromatic N) is 2. The van der Waals surface area contributed by atoms with E-state index in [4.69, 9.17) is 4.74 Å². The minimum atomic E-state index is -0.458. The molecule has 7 nitrogen and oxygen atoms in total. The second-order valence-corrected chi connectivity index (χ2v) is 10.8. The Balaban J connectivity index is 1.23. The van der Waals surface area contributed by atoms with E-state index in [0.29, 0.717) is 43.0 Å². The van der Waals surface area contributed by atoms with Crippen molar-refractivity contribution in [2.45, 2.75) is 43.9 Å². The van der Waals surface area contributed by atoms with Crippen LogP contribution < -0.4 is 10.2 Å². The summed E-state index contributed by atoms with van der Waals surface area (Å²) in [6.45, 7) is 2.45. The Morgan fingerprint density at radius 1 is 0.971 bits per heavy atom. The molecule has 0 unspecified atom stereocenters. The summed E-state index contributed by atoms with van der Waals surface area (Å²) in [6.07, 6.45) is 8.18. The molecule has 1 heterocycles. The van der Waals surface area contributed by atoms with Crippen LogP contribution in [0, 0.1) is 27.9 Å². The van der Waals surface area contributed by atoms with Crippen LogP contribution in [-0.2, 0) is 10.2 Å². The number of hydrogen-bond acceptors (Lipinski definition) is 5. The standard InChI is InChI=1S/C27H31N3O4/c31-26(24-14-23(30(32)33)5-6-25(24)29-7-9-34-10-8-29)28-22-3-1-21(2-4-22)27-15-18-11-19(16-27)13-20(12-18)17-27/h1-6,14,18-20H,7-13,15-17H2,(H,28,31). The zero-order valence-corrected chi connectivity index (χ0v) is 19.4. The fourth-order valence-electron chi connectivity index (χ4n) is 7.47. The van der Waals surface area contributed by atoms with Crippen molar-refractivity contribution >= 4 is 23.0 Å². The van der Waals surface area contributed by atoms with Crippen molar-refractivity contribution in [2.75, 3.05) is 36.5 Å². The van der Waals surface area contributed by atoms with E-state index in [9.17, 15) is 14.9 Å². The van der Waals surface area contributed by atoms with Crippen LogP contribution in [0.1, 0.15) is 54.4 Å². The summed E-state index contributed by atoms with van der Waals surface area (Å²) in [5.74, 6) is 2.34. The fourth-order valence-corrected chi connectivity index (χ4v) is 7.47. The average Bonchev–Trinajstić information content (AvgIpc) is 2.84. The zero-order valence-electron chi connectivity index (χ0n) is 19.4. The number of nitrogens with one attached hydrogen (secondary N) is 1. The van der Waals surface area contributed by atoms with Crippen molar-refractivity contribution in [1.29, 1.82) is 0 Å². The number of carbonyl (C=O) groups is 1. The predicted octanol–water partition coefficient (Wildman–Crippen LogP) is 5.15. The van der Waals surface area contributed by atoms with E-state index >= 15 is 0 Å². The van der Waals surface area contributed by atoms with Crippen LogP contribution in [0.15, 0.2) is 42.5 Å². The van der Waals surface area contributed by atoms with Gasteiger partial charge in [0.2, 0.25) is 0 Å². The van der Waals surface area contributed by atoms with Crippen LogP contribution in [0.25, 0.3) is 0 Å². The third-order valence-electron chi connectivity index (χ3n) is 8.58. The summed E-state index contributed by atoms with van der Waals surface area (Å²) < 4.78 is 5.43. The minimum Gasteiger partial charge on any atom is -0.378 e. The highest BCUT2D eigenvalue weighted by Crippen LogP contribution is 2.60. The van der Waals surface area contributed by atoms with Gasteiger partial charge in [-0.25, -0.2) is 0 Å². The Hall–Kier alpha value is -2.93. The number of carbonyl (C=O) groups excluding carboxylic acids is 1. The molecule has 0 radical (unpaired) electrons. The molecule has 0 atom stereocenters. The van der Waals surface area contributed by atoms with E-state index in [1.807, 2.05) is 12.1 Å². The molecule has 178 valence electrons. The Bertz CT molecular complexity index is 1070. The minimum absolute atomic E-state index is 0.0840. The summed E-state index contributed by atoms with van der Waals surface area (Å²) in [5.41, 5.74) is 3.39. The van der Waals surface area contributed by atoms with E-state index in [2.05, 4.69) is 22.3 Å². The number of amides is 1. The van der Waals surface area contributed by atoms with Gasteiger partial charge in [0.05, 0.1) is 29.4 Å². The van der Waals surface area contributed by atoms with Crippen LogP contribution in [0.3, 0.4) is 0 Å². The quantitative estimate of drug-likeness (QED) is 0.492. The molecular weight excluding hydrogens is 430 g/mol. The largest absolute Gasteiger partial charge is 0.378 e. The second kappa shape index (κ2) is 8.38. The van der Waals surface area contributed by atoms with Gasteiger partial charge >= 0.3 is 0 Å². The molecule has 4 aliphatic carbocycles. The lowest BCUT2D eigenvalue weighted by Gasteiger charge is -2.57. The first-order chi connectivity index (χ1) is 16.5. The van der Waals surface area contributed by atoms with Gasteiger partial charge < -0.3 is 15.0 Å². The van der Waals surface area contributed by atoms with Gasteiger partial charge in [-0.05, 0) is 85.5 Å². The van der Waals surface area contributed by atoms with E-state index in [1.165, 1.54) is 56.2 Å². The maximum Gasteiger partial charge on any atom is 0.270 e. The Kier molecular flexibility index (Phi) is 5.32. The number of nitro groups is 1. The summed E-state index contributed by atoms with van der Waals surface area (Å²) in [4.78, 5) is 26.2. The maximum atomic E-state index is 13.3. The Morgan fingerprint density at radius 2 is 1.59 bits per heavy atom. The molecule has 2 aromatic carbocycles. The van der Waals surface area contributed by atoms with Gasteiger partial charge in [0.25, 0.3) is 11.6 Å². The van der Waals surface area contributed by atoms with Crippen LogP contribution in [0.2, 0.25) is 0 Å². The first-order valence-electron chi connectivity index (χ1n) is 12.5. The normalized spacial score (nSPS) is 29.8. The van der Waals surface area contributed by atoms with Gasteiger partial charge in [-0.3, -0.25) is 14.9 Å². The summed E-state index contributed by atoms with van der Waals surface area (Å²) in [5, 5.41) is 14.3. The molecule has 5 fully saturated rings. The van der Waals surface area contributed by atoms with E-state index in [1.54, 1.807) is 6.07 Å². The topological polar surface area (TPSA) is 84.7 Å². The molecule has 7 rings (SSSR count). The lowest BCUT2D eigenvalue weighted by Crippen LogP contribution is -2.48. The first kappa shape index (κ1) is 21.6. The molecule has 1 aliphatic heterocycles. The SMILES string of the molecule is O=C(Nc1ccc(C23CC4CC(CC(C4)C2)C3)cc1)c1cc([N+](=O)[O-])ccc1N1CCOCC1. The molecule has 1 amide bonds. The molecule has 4 saturated carbocycles. The van der Waals surface area contributed by atoms with E-state index in [-0.39, 0.29) is 11.6 Å². The molecule has 0 spiro atoms. The lowest BCUT2D eigenvalue weighted by atomic mass is 9.48. The van der Waals surface area contributed by atoms with Crippen molar-refractivity contribution in [3.63, 3.8) is 0 Å². The number of anilines is 2. The highest BCUT2D eigenvalue weighted by molar-refractivity contribution is 6.08.